The lowest BCUT2D eigenvalue weighted by Crippen LogP contribution is -2.44. The molecule has 1 aliphatic heterocycles. The first-order valence-corrected chi connectivity index (χ1v) is 7.48. The van der Waals surface area contributed by atoms with E-state index in [0.717, 1.165) is 64.8 Å². The summed E-state index contributed by atoms with van der Waals surface area (Å²) in [5.41, 5.74) is 0. The highest BCUT2D eigenvalue weighted by Crippen LogP contribution is 2.17. The fourth-order valence-corrected chi connectivity index (χ4v) is 2.56. The van der Waals surface area contributed by atoms with Crippen molar-refractivity contribution in [2.24, 2.45) is 5.92 Å². The highest BCUT2D eigenvalue weighted by atomic mass is 16.5. The van der Waals surface area contributed by atoms with Gasteiger partial charge in [-0.15, -0.1) is 0 Å². The van der Waals surface area contributed by atoms with Crippen LogP contribution in [0.2, 0.25) is 0 Å². The third kappa shape index (κ3) is 6.43. The van der Waals surface area contributed by atoms with E-state index in [0.29, 0.717) is 0 Å². The topological polar surface area (TPSA) is 32.8 Å². The molecule has 0 spiro atoms. The molecule has 1 aliphatic rings. The van der Waals surface area contributed by atoms with Gasteiger partial charge in [-0.1, -0.05) is 19.8 Å². The second kappa shape index (κ2) is 9.37. The molecule has 4 nitrogen and oxygen atoms in total. The number of hydrogen-bond donors (Lipinski definition) is 0. The number of likely N-dealkylation sites (N-methyl/N-ethyl adjacent to an activating group) is 1. The number of nitrogens with zero attached hydrogens (tertiary/aromatic N) is 2. The Labute approximate surface area is 118 Å². The van der Waals surface area contributed by atoms with Crippen LogP contribution in [0.5, 0.6) is 0 Å². The van der Waals surface area contributed by atoms with Crippen molar-refractivity contribution >= 4 is 14.0 Å². The first kappa shape index (κ1) is 16.5. The normalized spacial score (nSPS) is 19.3. The van der Waals surface area contributed by atoms with Crippen molar-refractivity contribution in [1.29, 1.82) is 0 Å². The first-order chi connectivity index (χ1) is 9.17. The zero-order valence-electron chi connectivity index (χ0n) is 12.4. The maximum Gasteiger partial charge on any atom is 0.378 e. The Morgan fingerprint density at radius 1 is 1.21 bits per heavy atom. The molecule has 0 saturated carbocycles. The van der Waals surface area contributed by atoms with Crippen LogP contribution in [0, 0.1) is 5.92 Å². The molecule has 0 aromatic heterocycles. The smallest absolute Gasteiger partial charge is 0.378 e. The van der Waals surface area contributed by atoms with E-state index in [1.165, 1.54) is 0 Å². The van der Waals surface area contributed by atoms with Gasteiger partial charge < -0.3 is 14.5 Å². The van der Waals surface area contributed by atoms with Gasteiger partial charge in [-0.25, -0.2) is 0 Å². The van der Waals surface area contributed by atoms with E-state index in [9.17, 15) is 4.79 Å². The number of hydrogen-bond acceptors (Lipinski definition) is 4. The molecule has 1 fully saturated rings. The van der Waals surface area contributed by atoms with E-state index < -0.39 is 0 Å². The van der Waals surface area contributed by atoms with E-state index in [1.54, 1.807) is 0 Å². The number of unbranched alkanes of at least 4 members (excludes halogenated alkanes) is 1. The minimum atomic E-state index is -0.244. The van der Waals surface area contributed by atoms with Crippen LogP contribution < -0.4 is 0 Å². The predicted molar refractivity (Wildman–Crippen MR) is 78.0 cm³/mol. The molecular formula is C14H27BN2O2. The summed E-state index contributed by atoms with van der Waals surface area (Å²) >= 11 is 0. The highest BCUT2D eigenvalue weighted by molar-refractivity contribution is 6.05. The summed E-state index contributed by atoms with van der Waals surface area (Å²) in [5, 5.41) is 0. The van der Waals surface area contributed by atoms with Gasteiger partial charge in [0.05, 0.1) is 5.92 Å². The van der Waals surface area contributed by atoms with Crippen LogP contribution in [0.3, 0.4) is 0 Å². The van der Waals surface area contributed by atoms with Crippen LogP contribution in [0.4, 0.5) is 0 Å². The molecule has 0 aliphatic carbocycles. The van der Waals surface area contributed by atoms with Gasteiger partial charge >= 0.3 is 8.05 Å². The van der Waals surface area contributed by atoms with Gasteiger partial charge in [0, 0.05) is 26.2 Å². The highest BCUT2D eigenvalue weighted by Gasteiger charge is 2.19. The quantitative estimate of drug-likeness (QED) is 0.622. The Kier molecular flexibility index (Phi) is 8.14. The predicted octanol–water partition coefficient (Wildman–Crippen LogP) is 1.45. The van der Waals surface area contributed by atoms with Crippen LogP contribution in [0.25, 0.3) is 0 Å². The Morgan fingerprint density at radius 2 is 1.84 bits per heavy atom. The van der Waals surface area contributed by atoms with Gasteiger partial charge in [-0.3, -0.25) is 4.79 Å². The molecule has 1 saturated heterocycles. The summed E-state index contributed by atoms with van der Waals surface area (Å²) in [6.07, 6.45) is 5.01. The average molecular weight is 266 g/mol. The lowest BCUT2D eigenvalue weighted by atomic mass is 9.96. The molecule has 0 aromatic carbocycles. The van der Waals surface area contributed by atoms with Gasteiger partial charge in [0.2, 0.25) is 0 Å². The van der Waals surface area contributed by atoms with Crippen molar-refractivity contribution in [3.63, 3.8) is 0 Å². The van der Waals surface area contributed by atoms with Crippen LogP contribution in [-0.2, 0) is 9.45 Å². The lowest BCUT2D eigenvalue weighted by Gasteiger charge is -2.32. The number of carbonyl (C=O) groups is 1. The monoisotopic (exact) mass is 266 g/mol. The first-order valence-electron chi connectivity index (χ1n) is 7.48. The van der Waals surface area contributed by atoms with Crippen molar-refractivity contribution in [3.8, 4) is 0 Å². The molecule has 19 heavy (non-hydrogen) atoms. The fraction of sp³-hybridized carbons (Fsp3) is 0.929. The summed E-state index contributed by atoms with van der Waals surface area (Å²) in [4.78, 5) is 16.4. The second-order valence-corrected chi connectivity index (χ2v) is 5.56. The Morgan fingerprint density at radius 3 is 2.42 bits per heavy atom. The van der Waals surface area contributed by atoms with Crippen molar-refractivity contribution in [1.82, 2.24) is 9.80 Å². The van der Waals surface area contributed by atoms with Crippen molar-refractivity contribution in [3.05, 3.63) is 0 Å². The zero-order valence-corrected chi connectivity index (χ0v) is 12.4. The summed E-state index contributed by atoms with van der Waals surface area (Å²) in [6.45, 7) is 7.77. The van der Waals surface area contributed by atoms with E-state index in [-0.39, 0.29) is 11.9 Å². The zero-order chi connectivity index (χ0) is 14.1. The number of rotatable bonds is 8. The minimum Gasteiger partial charge on any atom is -0.543 e. The summed E-state index contributed by atoms with van der Waals surface area (Å²) in [5.74, 6) is -0.260. The number of carbonyl (C=O) groups excluding carboxylic acids is 1. The molecule has 108 valence electrons. The average Bonchev–Trinajstić information content (AvgIpc) is 2.43. The third-order valence-electron chi connectivity index (χ3n) is 3.98. The Balaban J connectivity index is 2.21. The fourth-order valence-electron chi connectivity index (χ4n) is 2.56. The van der Waals surface area contributed by atoms with Crippen molar-refractivity contribution in [2.75, 3.05) is 39.8 Å². The molecule has 0 bridgehead atoms. The van der Waals surface area contributed by atoms with Crippen molar-refractivity contribution < 1.29 is 9.45 Å². The van der Waals surface area contributed by atoms with Crippen molar-refractivity contribution in [2.45, 2.75) is 39.0 Å². The molecule has 5 heteroatoms. The summed E-state index contributed by atoms with van der Waals surface area (Å²) < 4.78 is 4.41. The molecule has 1 heterocycles. The summed E-state index contributed by atoms with van der Waals surface area (Å²) in [7, 11) is 7.17. The van der Waals surface area contributed by atoms with Gasteiger partial charge in [0.15, 0.2) is 0 Å². The standard InChI is InChI=1S/C14H27BN2O2/c1-3-4-6-13(14(18)19-15)7-5-8-17-11-9-16(2)10-12-17/h13H,3-12H2,1-2H3. The molecule has 1 atom stereocenters. The molecule has 0 N–H and O–H groups in total. The van der Waals surface area contributed by atoms with Crippen LogP contribution in [-0.4, -0.2) is 63.6 Å². The Bertz CT molecular complexity index is 256. The van der Waals surface area contributed by atoms with Crippen LogP contribution in [0.15, 0.2) is 0 Å². The van der Waals surface area contributed by atoms with Gasteiger partial charge in [-0.05, 0) is 32.9 Å². The van der Waals surface area contributed by atoms with E-state index in [2.05, 4.69) is 28.4 Å². The van der Waals surface area contributed by atoms with E-state index in [4.69, 9.17) is 8.05 Å². The third-order valence-corrected chi connectivity index (χ3v) is 3.98. The largest absolute Gasteiger partial charge is 0.543 e. The SMILES string of the molecule is [B]OC(=O)C(CCCC)CCCN1CCN(C)CC1. The molecule has 0 amide bonds. The molecule has 1 rings (SSSR count). The second-order valence-electron chi connectivity index (χ2n) is 5.56. The molecular weight excluding hydrogens is 239 g/mol. The maximum atomic E-state index is 11.6. The molecule has 0 aromatic rings. The van der Waals surface area contributed by atoms with E-state index >= 15 is 0 Å². The van der Waals surface area contributed by atoms with Crippen LogP contribution >= 0.6 is 0 Å². The van der Waals surface area contributed by atoms with Crippen LogP contribution in [0.1, 0.15) is 39.0 Å². The maximum absolute atomic E-state index is 11.6. The molecule has 2 radical (unpaired) electrons. The minimum absolute atomic E-state index is 0.0163. The Hall–Kier alpha value is -0.545. The van der Waals surface area contributed by atoms with Gasteiger partial charge in [0.1, 0.15) is 0 Å². The number of piperazine rings is 1. The van der Waals surface area contributed by atoms with Gasteiger partial charge in [-0.2, -0.15) is 0 Å². The lowest BCUT2D eigenvalue weighted by molar-refractivity contribution is -0.139. The van der Waals surface area contributed by atoms with Gasteiger partial charge in [0.25, 0.3) is 5.97 Å². The molecule has 1 unspecified atom stereocenters. The summed E-state index contributed by atoms with van der Waals surface area (Å²) in [6, 6.07) is 0. The van der Waals surface area contributed by atoms with E-state index in [1.807, 2.05) is 0 Å².